The van der Waals surface area contributed by atoms with Crippen molar-refractivity contribution in [2.75, 3.05) is 18.9 Å². The van der Waals surface area contributed by atoms with Crippen LogP contribution in [0.1, 0.15) is 24.0 Å². The number of piperidine rings is 1. The first-order valence-corrected chi connectivity index (χ1v) is 9.49. The van der Waals surface area contributed by atoms with Crippen LogP contribution in [0.25, 0.3) is 11.3 Å². The molecule has 1 aromatic heterocycles. The number of hydrogen-bond acceptors (Lipinski definition) is 7. The number of aliphatic carboxylic acids is 1. The summed E-state index contributed by atoms with van der Waals surface area (Å²) >= 11 is 0. The minimum Gasteiger partial charge on any atom is -0.507 e. The molecule has 2 atom stereocenters. The number of benzene rings is 1. The smallest absolute Gasteiger partial charge is 0.387 e. The van der Waals surface area contributed by atoms with Crippen molar-refractivity contribution in [2.24, 2.45) is 0 Å². The van der Waals surface area contributed by atoms with E-state index in [1.165, 1.54) is 12.1 Å². The lowest BCUT2D eigenvalue weighted by Crippen LogP contribution is -2.49. The van der Waals surface area contributed by atoms with Gasteiger partial charge >= 0.3 is 12.6 Å². The van der Waals surface area contributed by atoms with Crippen LogP contribution in [0.15, 0.2) is 18.2 Å². The van der Waals surface area contributed by atoms with Gasteiger partial charge < -0.3 is 20.3 Å². The van der Waals surface area contributed by atoms with Gasteiger partial charge in [-0.1, -0.05) is 0 Å². The van der Waals surface area contributed by atoms with Gasteiger partial charge in [0.2, 0.25) is 0 Å². The van der Waals surface area contributed by atoms with Crippen molar-refractivity contribution in [2.45, 2.75) is 45.4 Å². The highest BCUT2D eigenvalue weighted by molar-refractivity contribution is 5.74. The molecule has 2 aromatic rings. The molecule has 30 heavy (non-hydrogen) atoms. The number of alkyl halides is 2. The second-order valence-corrected chi connectivity index (χ2v) is 7.42. The molecule has 0 spiro atoms. The fourth-order valence-corrected chi connectivity index (χ4v) is 3.65. The van der Waals surface area contributed by atoms with Crippen LogP contribution >= 0.6 is 0 Å². The third kappa shape index (κ3) is 4.59. The number of likely N-dealkylation sites (N-methyl/N-ethyl adjacent to an activating group) is 1. The van der Waals surface area contributed by atoms with Crippen molar-refractivity contribution in [1.29, 1.82) is 0 Å². The SMILES string of the molecule is Cc1c(NC2CCC(C(=O)O)N(C)C2)nnc(-c2ccc(OC(F)F)cc2O)c1C. The Morgan fingerprint density at radius 2 is 2.00 bits per heavy atom. The van der Waals surface area contributed by atoms with E-state index >= 15 is 0 Å². The number of aromatic nitrogens is 2. The summed E-state index contributed by atoms with van der Waals surface area (Å²) in [4.78, 5) is 13.1. The monoisotopic (exact) mass is 422 g/mol. The van der Waals surface area contributed by atoms with Crippen LogP contribution in [0.5, 0.6) is 11.5 Å². The fraction of sp³-hybridized carbons (Fsp3) is 0.450. The Kier molecular flexibility index (Phi) is 6.35. The van der Waals surface area contributed by atoms with Gasteiger partial charge in [-0.3, -0.25) is 9.69 Å². The molecule has 0 bridgehead atoms. The first-order valence-electron chi connectivity index (χ1n) is 9.49. The van der Waals surface area contributed by atoms with Crippen LogP contribution < -0.4 is 10.1 Å². The number of hydrogen-bond donors (Lipinski definition) is 3. The molecule has 1 aromatic carbocycles. The van der Waals surface area contributed by atoms with E-state index in [2.05, 4.69) is 20.3 Å². The van der Waals surface area contributed by atoms with Crippen LogP contribution in [0.4, 0.5) is 14.6 Å². The number of nitrogens with one attached hydrogen (secondary N) is 1. The third-order valence-electron chi connectivity index (χ3n) is 5.43. The molecule has 3 rings (SSSR count). The van der Waals surface area contributed by atoms with Gasteiger partial charge in [0.05, 0.1) is 5.69 Å². The van der Waals surface area contributed by atoms with Crippen molar-refractivity contribution < 1.29 is 28.5 Å². The van der Waals surface area contributed by atoms with Crippen LogP contribution in [-0.2, 0) is 4.79 Å². The van der Waals surface area contributed by atoms with Crippen molar-refractivity contribution in [3.05, 3.63) is 29.3 Å². The maximum atomic E-state index is 12.3. The molecule has 0 aliphatic carbocycles. The van der Waals surface area contributed by atoms with E-state index in [9.17, 15) is 23.8 Å². The van der Waals surface area contributed by atoms with Crippen LogP contribution in [0, 0.1) is 13.8 Å². The Labute approximate surface area is 172 Å². The Hall–Kier alpha value is -3.01. The van der Waals surface area contributed by atoms with E-state index in [-0.39, 0.29) is 17.5 Å². The number of carbonyl (C=O) groups is 1. The molecule has 2 heterocycles. The molecule has 1 aliphatic heterocycles. The number of carboxylic acids is 1. The molecule has 2 unspecified atom stereocenters. The molecule has 1 saturated heterocycles. The first kappa shape index (κ1) is 21.7. The molecule has 162 valence electrons. The zero-order chi connectivity index (χ0) is 22.0. The zero-order valence-corrected chi connectivity index (χ0v) is 16.9. The van der Waals surface area contributed by atoms with Gasteiger partial charge in [-0.25, -0.2) is 0 Å². The van der Waals surface area contributed by atoms with E-state index in [4.69, 9.17) is 0 Å². The van der Waals surface area contributed by atoms with Gasteiger partial charge in [-0.2, -0.15) is 8.78 Å². The van der Waals surface area contributed by atoms with Gasteiger partial charge in [0.15, 0.2) is 5.82 Å². The highest BCUT2D eigenvalue weighted by Crippen LogP contribution is 2.35. The lowest BCUT2D eigenvalue weighted by molar-refractivity contribution is -0.143. The van der Waals surface area contributed by atoms with Gasteiger partial charge in [-0.05, 0) is 57.0 Å². The van der Waals surface area contributed by atoms with Gasteiger partial charge in [0.25, 0.3) is 0 Å². The predicted molar refractivity (Wildman–Crippen MR) is 106 cm³/mol. The first-order chi connectivity index (χ1) is 14.2. The van der Waals surface area contributed by atoms with E-state index < -0.39 is 18.6 Å². The second kappa shape index (κ2) is 8.78. The standard InChI is InChI=1S/C20H24F2N4O4/c1-10-11(2)18(23-12-4-7-15(19(28)29)26(3)9-12)25-24-17(10)14-6-5-13(8-16(14)27)30-20(21)22/h5-6,8,12,15,20,27H,4,7,9H2,1-3H3,(H,23,25)(H,28,29). The number of anilines is 1. The van der Waals surface area contributed by atoms with Crippen molar-refractivity contribution in [1.82, 2.24) is 15.1 Å². The minimum absolute atomic E-state index is 0.0306. The number of nitrogens with zero attached hydrogens (tertiary/aromatic N) is 3. The maximum absolute atomic E-state index is 12.3. The van der Waals surface area contributed by atoms with Crippen molar-refractivity contribution in [3.63, 3.8) is 0 Å². The normalized spacial score (nSPS) is 19.7. The molecular weight excluding hydrogens is 398 g/mol. The van der Waals surface area contributed by atoms with Crippen LogP contribution in [-0.4, -0.2) is 63.6 Å². The Balaban J connectivity index is 1.79. The van der Waals surface area contributed by atoms with Gasteiger partial charge in [-0.15, -0.1) is 10.2 Å². The lowest BCUT2D eigenvalue weighted by atomic mass is 9.98. The number of phenols is 1. The number of likely N-dealkylation sites (tertiary alicyclic amines) is 1. The van der Waals surface area contributed by atoms with Crippen LogP contribution in [0.2, 0.25) is 0 Å². The number of rotatable bonds is 6. The number of halogens is 2. The third-order valence-corrected chi connectivity index (χ3v) is 5.43. The molecule has 8 nitrogen and oxygen atoms in total. The summed E-state index contributed by atoms with van der Waals surface area (Å²) in [5.74, 6) is -0.621. The Morgan fingerprint density at radius 1 is 1.27 bits per heavy atom. The molecular formula is C20H24F2N4O4. The Morgan fingerprint density at radius 3 is 2.60 bits per heavy atom. The molecule has 0 amide bonds. The summed E-state index contributed by atoms with van der Waals surface area (Å²) in [5.41, 5.74) is 2.40. The summed E-state index contributed by atoms with van der Waals surface area (Å²) in [5, 5.41) is 31.3. The van der Waals surface area contributed by atoms with E-state index in [0.717, 1.165) is 17.2 Å². The zero-order valence-electron chi connectivity index (χ0n) is 16.9. The largest absolute Gasteiger partial charge is 0.507 e. The summed E-state index contributed by atoms with van der Waals surface area (Å²) in [6.45, 7) is 1.29. The average molecular weight is 422 g/mol. The second-order valence-electron chi connectivity index (χ2n) is 7.42. The summed E-state index contributed by atoms with van der Waals surface area (Å²) in [7, 11) is 1.78. The highest BCUT2D eigenvalue weighted by atomic mass is 19.3. The quantitative estimate of drug-likeness (QED) is 0.652. The minimum atomic E-state index is -2.98. The van der Waals surface area contributed by atoms with E-state index in [1.54, 1.807) is 11.9 Å². The maximum Gasteiger partial charge on any atom is 0.387 e. The average Bonchev–Trinajstić information content (AvgIpc) is 2.66. The van der Waals surface area contributed by atoms with E-state index in [0.29, 0.717) is 36.5 Å². The van der Waals surface area contributed by atoms with Gasteiger partial charge in [0.1, 0.15) is 17.5 Å². The van der Waals surface area contributed by atoms with Crippen molar-refractivity contribution in [3.8, 4) is 22.8 Å². The Bertz CT molecular complexity index is 941. The van der Waals surface area contributed by atoms with E-state index in [1.807, 2.05) is 13.8 Å². The predicted octanol–water partition coefficient (Wildman–Crippen LogP) is 3.03. The number of carboxylic acid groups (broad SMARTS) is 1. The van der Waals surface area contributed by atoms with Crippen molar-refractivity contribution >= 4 is 11.8 Å². The fourth-order valence-electron chi connectivity index (χ4n) is 3.65. The number of aromatic hydroxyl groups is 1. The molecule has 0 saturated carbocycles. The summed E-state index contributed by atoms with van der Waals surface area (Å²) in [6.07, 6.45) is 1.23. The number of ether oxygens (including phenoxy) is 1. The van der Waals surface area contributed by atoms with Crippen LogP contribution in [0.3, 0.4) is 0 Å². The number of phenolic OH excluding ortho intramolecular Hbond substituents is 1. The molecule has 1 fully saturated rings. The summed E-state index contributed by atoms with van der Waals surface area (Å²) < 4.78 is 29.0. The molecule has 0 radical (unpaired) electrons. The lowest BCUT2D eigenvalue weighted by Gasteiger charge is -2.35. The van der Waals surface area contributed by atoms with Gasteiger partial charge in [0, 0.05) is 24.2 Å². The highest BCUT2D eigenvalue weighted by Gasteiger charge is 2.31. The molecule has 3 N–H and O–H groups in total. The molecule has 10 heteroatoms. The summed E-state index contributed by atoms with van der Waals surface area (Å²) in [6, 6.07) is 3.45. The molecule has 1 aliphatic rings. The topological polar surface area (TPSA) is 108 Å².